The molecule has 1 saturated carbocycles. The van der Waals surface area contributed by atoms with Crippen molar-refractivity contribution in [3.63, 3.8) is 0 Å². The van der Waals surface area contributed by atoms with Gasteiger partial charge >= 0.3 is 5.97 Å². The first-order chi connectivity index (χ1) is 13.9. The van der Waals surface area contributed by atoms with Crippen molar-refractivity contribution < 1.29 is 23.4 Å². The van der Waals surface area contributed by atoms with Gasteiger partial charge in [0.2, 0.25) is 0 Å². The van der Waals surface area contributed by atoms with Crippen molar-refractivity contribution in [1.82, 2.24) is 4.90 Å². The molecule has 2 aromatic rings. The molecule has 2 aromatic carbocycles. The standard InChI is InChI=1S/C22H22ClF2NO3/c23-19-9-15(24)4-3-14(19)12-26-7-5-16(6-8-26)29-21-11-20(25)18(22(27)28)10-17(21)13-1-2-13/h3-4,9-11,13,16H,1-2,5-8,12H2,(H,27,28). The number of ether oxygens (including phenoxy) is 1. The van der Waals surface area contributed by atoms with Crippen LogP contribution in [0.15, 0.2) is 30.3 Å². The van der Waals surface area contributed by atoms with Crippen LogP contribution in [-0.4, -0.2) is 35.2 Å². The van der Waals surface area contributed by atoms with Crippen LogP contribution >= 0.6 is 11.6 Å². The van der Waals surface area contributed by atoms with Gasteiger partial charge in [-0.05, 0) is 60.9 Å². The third kappa shape index (κ3) is 4.70. The number of likely N-dealkylation sites (tertiary alicyclic amines) is 1. The van der Waals surface area contributed by atoms with E-state index in [-0.39, 0.29) is 23.4 Å². The Balaban J connectivity index is 1.39. The smallest absolute Gasteiger partial charge is 0.338 e. The Labute approximate surface area is 173 Å². The van der Waals surface area contributed by atoms with Crippen molar-refractivity contribution >= 4 is 17.6 Å². The van der Waals surface area contributed by atoms with E-state index in [1.54, 1.807) is 6.07 Å². The molecule has 0 unspecified atom stereocenters. The average Bonchev–Trinajstić information content (AvgIpc) is 3.50. The number of hydrogen-bond acceptors (Lipinski definition) is 3. The summed E-state index contributed by atoms with van der Waals surface area (Å²) in [6.07, 6.45) is 3.43. The number of nitrogens with zero attached hydrogens (tertiary/aromatic N) is 1. The lowest BCUT2D eigenvalue weighted by Crippen LogP contribution is -2.38. The number of carbonyl (C=O) groups is 1. The Morgan fingerprint density at radius 1 is 1.14 bits per heavy atom. The maximum Gasteiger partial charge on any atom is 0.338 e. The van der Waals surface area contributed by atoms with Gasteiger partial charge in [0.15, 0.2) is 0 Å². The maximum atomic E-state index is 14.2. The highest BCUT2D eigenvalue weighted by Gasteiger charge is 2.31. The summed E-state index contributed by atoms with van der Waals surface area (Å²) in [6.45, 7) is 2.21. The fourth-order valence-electron chi connectivity index (χ4n) is 3.81. The molecule has 0 radical (unpaired) electrons. The molecular formula is C22H22ClF2NO3. The van der Waals surface area contributed by atoms with Gasteiger partial charge in [0.1, 0.15) is 23.5 Å². The van der Waals surface area contributed by atoms with Crippen molar-refractivity contribution in [3.8, 4) is 5.75 Å². The van der Waals surface area contributed by atoms with E-state index in [0.29, 0.717) is 17.3 Å². The normalized spacial score (nSPS) is 18.0. The second-order valence-electron chi connectivity index (χ2n) is 7.78. The Hall–Kier alpha value is -2.18. The minimum atomic E-state index is -1.26. The molecule has 1 aliphatic carbocycles. The first-order valence-corrected chi connectivity index (χ1v) is 10.2. The minimum Gasteiger partial charge on any atom is -0.490 e. The summed E-state index contributed by atoms with van der Waals surface area (Å²) >= 11 is 6.12. The molecule has 2 aliphatic rings. The quantitative estimate of drug-likeness (QED) is 0.693. The molecule has 1 heterocycles. The van der Waals surface area contributed by atoms with E-state index >= 15 is 0 Å². The first kappa shape index (κ1) is 20.1. The van der Waals surface area contributed by atoms with Crippen LogP contribution in [0.2, 0.25) is 5.02 Å². The lowest BCUT2D eigenvalue weighted by atomic mass is 10.0. The largest absolute Gasteiger partial charge is 0.490 e. The van der Waals surface area contributed by atoms with Gasteiger partial charge in [-0.2, -0.15) is 0 Å². The second kappa shape index (κ2) is 8.28. The Bertz CT molecular complexity index is 925. The molecular weight excluding hydrogens is 400 g/mol. The van der Waals surface area contributed by atoms with Crippen LogP contribution in [0, 0.1) is 11.6 Å². The van der Waals surface area contributed by atoms with E-state index in [1.807, 2.05) is 0 Å². The van der Waals surface area contributed by atoms with E-state index in [4.69, 9.17) is 16.3 Å². The van der Waals surface area contributed by atoms with Gasteiger partial charge in [0.05, 0.1) is 5.56 Å². The van der Waals surface area contributed by atoms with E-state index in [1.165, 1.54) is 24.3 Å². The molecule has 1 aliphatic heterocycles. The second-order valence-corrected chi connectivity index (χ2v) is 8.19. The highest BCUT2D eigenvalue weighted by Crippen LogP contribution is 2.45. The fraction of sp³-hybridized carbons (Fsp3) is 0.409. The zero-order valence-electron chi connectivity index (χ0n) is 15.8. The van der Waals surface area contributed by atoms with Gasteiger partial charge in [0.25, 0.3) is 0 Å². The zero-order valence-corrected chi connectivity index (χ0v) is 16.6. The number of rotatable bonds is 6. The number of carboxylic acid groups (broad SMARTS) is 1. The molecule has 4 rings (SSSR count). The summed E-state index contributed by atoms with van der Waals surface area (Å²) in [5.74, 6) is -1.65. The van der Waals surface area contributed by atoms with Crippen molar-refractivity contribution in [1.29, 1.82) is 0 Å². The molecule has 154 valence electrons. The predicted molar refractivity (Wildman–Crippen MR) is 106 cm³/mol. The monoisotopic (exact) mass is 421 g/mol. The van der Waals surface area contributed by atoms with Crippen molar-refractivity contribution in [2.45, 2.75) is 44.2 Å². The SMILES string of the molecule is O=C(O)c1cc(C2CC2)c(OC2CCN(Cc3ccc(F)cc3Cl)CC2)cc1F. The number of aromatic carboxylic acids is 1. The molecule has 1 saturated heterocycles. The third-order valence-electron chi connectivity index (χ3n) is 5.58. The van der Waals surface area contributed by atoms with Crippen LogP contribution in [0.1, 0.15) is 53.1 Å². The number of piperidine rings is 1. The van der Waals surface area contributed by atoms with Gasteiger partial charge in [-0.15, -0.1) is 0 Å². The van der Waals surface area contributed by atoms with Crippen LogP contribution in [0.4, 0.5) is 8.78 Å². The summed E-state index contributed by atoms with van der Waals surface area (Å²) in [7, 11) is 0. The van der Waals surface area contributed by atoms with Gasteiger partial charge in [-0.3, -0.25) is 4.90 Å². The van der Waals surface area contributed by atoms with Gasteiger partial charge in [-0.1, -0.05) is 17.7 Å². The van der Waals surface area contributed by atoms with E-state index in [0.717, 1.165) is 49.9 Å². The number of halogens is 3. The van der Waals surface area contributed by atoms with Crippen molar-refractivity contribution in [2.24, 2.45) is 0 Å². The molecule has 4 nitrogen and oxygen atoms in total. The minimum absolute atomic E-state index is 0.0532. The van der Waals surface area contributed by atoms with E-state index in [2.05, 4.69) is 4.90 Å². The molecule has 1 N–H and O–H groups in total. The molecule has 7 heteroatoms. The number of hydrogen-bond donors (Lipinski definition) is 1. The molecule has 0 atom stereocenters. The van der Waals surface area contributed by atoms with Crippen LogP contribution in [0.5, 0.6) is 5.75 Å². The Kier molecular flexibility index (Phi) is 5.74. The molecule has 29 heavy (non-hydrogen) atoms. The van der Waals surface area contributed by atoms with Gasteiger partial charge in [0, 0.05) is 30.7 Å². The van der Waals surface area contributed by atoms with E-state index < -0.39 is 11.8 Å². The number of carboxylic acids is 1. The topological polar surface area (TPSA) is 49.8 Å². The van der Waals surface area contributed by atoms with Crippen LogP contribution in [0.3, 0.4) is 0 Å². The molecule has 0 spiro atoms. The summed E-state index contributed by atoms with van der Waals surface area (Å²) in [5.41, 5.74) is 1.38. The average molecular weight is 422 g/mol. The van der Waals surface area contributed by atoms with Crippen LogP contribution in [0.25, 0.3) is 0 Å². The predicted octanol–water partition coefficient (Wildman–Crippen LogP) is 5.24. The fourth-order valence-corrected chi connectivity index (χ4v) is 4.03. The molecule has 0 bridgehead atoms. The zero-order chi connectivity index (χ0) is 20.5. The maximum absolute atomic E-state index is 14.2. The molecule has 0 amide bonds. The van der Waals surface area contributed by atoms with Crippen molar-refractivity contribution in [3.05, 3.63) is 63.7 Å². The summed E-state index contributed by atoms with van der Waals surface area (Å²) in [4.78, 5) is 13.5. The Morgan fingerprint density at radius 2 is 1.86 bits per heavy atom. The lowest BCUT2D eigenvalue weighted by Gasteiger charge is -2.32. The highest BCUT2D eigenvalue weighted by atomic mass is 35.5. The Morgan fingerprint density at radius 3 is 2.48 bits per heavy atom. The molecule has 0 aromatic heterocycles. The van der Waals surface area contributed by atoms with Gasteiger partial charge in [-0.25, -0.2) is 13.6 Å². The molecule has 2 fully saturated rings. The highest BCUT2D eigenvalue weighted by molar-refractivity contribution is 6.31. The first-order valence-electron chi connectivity index (χ1n) is 9.80. The summed E-state index contributed by atoms with van der Waals surface area (Å²) < 4.78 is 33.5. The summed E-state index contributed by atoms with van der Waals surface area (Å²) in [5, 5.41) is 9.60. The lowest BCUT2D eigenvalue weighted by molar-refractivity contribution is 0.0691. The van der Waals surface area contributed by atoms with Crippen molar-refractivity contribution in [2.75, 3.05) is 13.1 Å². The summed E-state index contributed by atoms with van der Waals surface area (Å²) in [6, 6.07) is 7.08. The van der Waals surface area contributed by atoms with Gasteiger partial charge < -0.3 is 9.84 Å². The van der Waals surface area contributed by atoms with E-state index in [9.17, 15) is 18.7 Å². The third-order valence-corrected chi connectivity index (χ3v) is 5.94. The van der Waals surface area contributed by atoms with Crippen LogP contribution < -0.4 is 4.74 Å². The number of benzene rings is 2. The van der Waals surface area contributed by atoms with Crippen LogP contribution in [-0.2, 0) is 6.54 Å².